The van der Waals surface area contributed by atoms with Gasteiger partial charge in [0.05, 0.1) is 17.7 Å². The zero-order valence-electron chi connectivity index (χ0n) is 11.6. The largest absolute Gasteiger partial charge is 0.390 e. The Hall–Kier alpha value is -2.41. The number of fused-ring (bicyclic) bond motifs is 1. The van der Waals surface area contributed by atoms with E-state index in [1.807, 2.05) is 0 Å². The molecule has 0 saturated carbocycles. The first-order valence-corrected chi connectivity index (χ1v) is 6.80. The molecule has 3 nitrogen and oxygen atoms in total. The number of hydrogen-bond donors (Lipinski definition) is 2. The number of benzene rings is 2. The molecule has 1 aliphatic rings. The number of amides is 1. The normalized spacial score (nSPS) is 19.5. The minimum absolute atomic E-state index is 0.287. The molecule has 0 spiro atoms. The van der Waals surface area contributed by atoms with Gasteiger partial charge in [-0.15, -0.1) is 0 Å². The van der Waals surface area contributed by atoms with Gasteiger partial charge in [0.2, 0.25) is 0 Å². The molecule has 2 atom stereocenters. The van der Waals surface area contributed by atoms with Crippen molar-refractivity contribution in [1.29, 1.82) is 0 Å². The van der Waals surface area contributed by atoms with E-state index >= 15 is 0 Å². The average Bonchev–Trinajstić information content (AvgIpc) is 2.84. The molecule has 0 radical (unpaired) electrons. The van der Waals surface area contributed by atoms with Gasteiger partial charge < -0.3 is 10.4 Å². The first kappa shape index (κ1) is 15.5. The number of aliphatic hydroxyl groups excluding tert-OH is 1. The minimum atomic E-state index is -2.05. The molecule has 1 aliphatic carbocycles. The molecule has 0 fully saturated rings. The van der Waals surface area contributed by atoms with E-state index in [1.165, 1.54) is 0 Å². The quantitative estimate of drug-likeness (QED) is 0.507. The van der Waals surface area contributed by atoms with Crippen LogP contribution in [0.25, 0.3) is 0 Å². The van der Waals surface area contributed by atoms with Crippen molar-refractivity contribution in [2.24, 2.45) is 0 Å². The van der Waals surface area contributed by atoms with Crippen LogP contribution in [-0.4, -0.2) is 17.1 Å². The smallest absolute Gasteiger partial charge is 0.255 e. The van der Waals surface area contributed by atoms with Crippen LogP contribution in [0.1, 0.15) is 27.5 Å². The zero-order chi connectivity index (χ0) is 16.7. The van der Waals surface area contributed by atoms with E-state index in [2.05, 4.69) is 5.32 Å². The van der Waals surface area contributed by atoms with Crippen LogP contribution in [0.4, 0.5) is 17.6 Å². The summed E-state index contributed by atoms with van der Waals surface area (Å²) in [5, 5.41) is 12.3. The molecule has 1 amide bonds. The van der Waals surface area contributed by atoms with Crippen LogP contribution in [-0.2, 0) is 6.42 Å². The third-order valence-electron chi connectivity index (χ3n) is 3.84. The molecule has 0 saturated heterocycles. The summed E-state index contributed by atoms with van der Waals surface area (Å²) < 4.78 is 53.0. The average molecular weight is 325 g/mol. The van der Waals surface area contributed by atoms with Crippen molar-refractivity contribution in [1.82, 2.24) is 5.32 Å². The molecule has 0 aliphatic heterocycles. The maximum Gasteiger partial charge on any atom is 0.255 e. The third-order valence-corrected chi connectivity index (χ3v) is 3.84. The minimum Gasteiger partial charge on any atom is -0.390 e. The standard InChI is InChI=1S/C16H11F4NO2/c17-10-6-9(12(18)14(20)13(10)19)16(23)21-15-8-4-2-1-3-7(8)5-11(15)22/h1-4,6,11,15,22H,5H2,(H,21,23). The molecule has 0 aromatic heterocycles. The highest BCUT2D eigenvalue weighted by Gasteiger charge is 2.33. The van der Waals surface area contributed by atoms with Gasteiger partial charge >= 0.3 is 0 Å². The van der Waals surface area contributed by atoms with E-state index in [9.17, 15) is 27.5 Å². The fourth-order valence-corrected chi connectivity index (χ4v) is 2.70. The van der Waals surface area contributed by atoms with E-state index in [-0.39, 0.29) is 12.5 Å². The van der Waals surface area contributed by atoms with Crippen LogP contribution in [0.5, 0.6) is 0 Å². The van der Waals surface area contributed by atoms with Crippen molar-refractivity contribution in [3.8, 4) is 0 Å². The summed E-state index contributed by atoms with van der Waals surface area (Å²) in [6.45, 7) is 0. The summed E-state index contributed by atoms with van der Waals surface area (Å²) in [6, 6.07) is 6.36. The molecule has 3 rings (SSSR count). The van der Waals surface area contributed by atoms with Gasteiger partial charge in [0, 0.05) is 6.42 Å². The molecule has 2 unspecified atom stereocenters. The summed E-state index contributed by atoms with van der Waals surface area (Å²) >= 11 is 0. The molecule has 0 heterocycles. The Morgan fingerprint density at radius 3 is 2.52 bits per heavy atom. The SMILES string of the molecule is O=C(NC1c2ccccc2CC1O)c1cc(F)c(F)c(F)c1F. The van der Waals surface area contributed by atoms with Crippen molar-refractivity contribution >= 4 is 5.91 Å². The third kappa shape index (κ3) is 2.57. The van der Waals surface area contributed by atoms with E-state index in [0.717, 1.165) is 5.56 Å². The summed E-state index contributed by atoms with van der Waals surface area (Å²) in [7, 11) is 0. The number of aliphatic hydroxyl groups is 1. The molecule has 23 heavy (non-hydrogen) atoms. The van der Waals surface area contributed by atoms with E-state index in [1.54, 1.807) is 24.3 Å². The summed E-state index contributed by atoms with van der Waals surface area (Å²) in [5.74, 6) is -8.61. The molecule has 120 valence electrons. The Morgan fingerprint density at radius 1 is 1.09 bits per heavy atom. The first-order chi connectivity index (χ1) is 10.9. The van der Waals surface area contributed by atoms with Crippen molar-refractivity contribution in [3.63, 3.8) is 0 Å². The van der Waals surface area contributed by atoms with Crippen LogP contribution < -0.4 is 5.32 Å². The Kier molecular flexibility index (Phi) is 3.81. The van der Waals surface area contributed by atoms with Gasteiger partial charge in [-0.2, -0.15) is 0 Å². The number of carbonyl (C=O) groups excluding carboxylic acids is 1. The van der Waals surface area contributed by atoms with E-state index < -0.39 is 46.9 Å². The van der Waals surface area contributed by atoms with Gasteiger partial charge in [-0.1, -0.05) is 24.3 Å². The predicted octanol–water partition coefficient (Wildman–Crippen LogP) is 2.63. The van der Waals surface area contributed by atoms with Gasteiger partial charge in [-0.25, -0.2) is 17.6 Å². The van der Waals surface area contributed by atoms with Crippen LogP contribution in [0.2, 0.25) is 0 Å². The lowest BCUT2D eigenvalue weighted by atomic mass is 10.1. The van der Waals surface area contributed by atoms with Gasteiger partial charge in [-0.05, 0) is 17.2 Å². The molecular weight excluding hydrogens is 314 g/mol. The second-order valence-electron chi connectivity index (χ2n) is 5.27. The number of halogens is 4. The fourth-order valence-electron chi connectivity index (χ4n) is 2.70. The highest BCUT2D eigenvalue weighted by atomic mass is 19.2. The second-order valence-corrected chi connectivity index (χ2v) is 5.27. The maximum atomic E-state index is 13.7. The highest BCUT2D eigenvalue weighted by Crippen LogP contribution is 2.31. The zero-order valence-corrected chi connectivity index (χ0v) is 11.6. The molecule has 2 aromatic carbocycles. The summed E-state index contributed by atoms with van der Waals surface area (Å²) in [4.78, 5) is 12.1. The Labute approximate surface area is 128 Å². The van der Waals surface area contributed by atoms with Crippen molar-refractivity contribution in [2.75, 3.05) is 0 Å². The predicted molar refractivity (Wildman–Crippen MR) is 72.6 cm³/mol. The van der Waals surface area contributed by atoms with E-state index in [0.29, 0.717) is 5.56 Å². The van der Waals surface area contributed by atoms with Crippen LogP contribution >= 0.6 is 0 Å². The lowest BCUT2D eigenvalue weighted by Gasteiger charge is -2.18. The Balaban J connectivity index is 1.92. The molecule has 2 N–H and O–H groups in total. The number of rotatable bonds is 2. The Bertz CT molecular complexity index is 794. The topological polar surface area (TPSA) is 49.3 Å². The van der Waals surface area contributed by atoms with Gasteiger partial charge in [-0.3, -0.25) is 4.79 Å². The monoisotopic (exact) mass is 325 g/mol. The first-order valence-electron chi connectivity index (χ1n) is 6.80. The summed E-state index contributed by atoms with van der Waals surface area (Å²) in [6.07, 6.45) is -0.662. The van der Waals surface area contributed by atoms with Crippen LogP contribution in [0, 0.1) is 23.3 Å². The number of carbonyl (C=O) groups is 1. The lowest BCUT2D eigenvalue weighted by molar-refractivity contribution is 0.0852. The second kappa shape index (κ2) is 5.66. The van der Waals surface area contributed by atoms with Crippen LogP contribution in [0.3, 0.4) is 0 Å². The number of hydrogen-bond acceptors (Lipinski definition) is 2. The molecular formula is C16H11F4NO2. The van der Waals surface area contributed by atoms with E-state index in [4.69, 9.17) is 0 Å². The molecule has 7 heteroatoms. The highest BCUT2D eigenvalue weighted by molar-refractivity contribution is 5.95. The lowest BCUT2D eigenvalue weighted by Crippen LogP contribution is -2.34. The maximum absolute atomic E-state index is 13.7. The number of nitrogens with one attached hydrogen (secondary N) is 1. The summed E-state index contributed by atoms with van der Waals surface area (Å²) in [5.41, 5.74) is 0.483. The Morgan fingerprint density at radius 2 is 1.78 bits per heavy atom. The molecule has 2 aromatic rings. The van der Waals surface area contributed by atoms with Crippen molar-refractivity contribution in [3.05, 3.63) is 70.3 Å². The van der Waals surface area contributed by atoms with Crippen molar-refractivity contribution < 1.29 is 27.5 Å². The van der Waals surface area contributed by atoms with Crippen molar-refractivity contribution in [2.45, 2.75) is 18.6 Å². The molecule has 0 bridgehead atoms. The van der Waals surface area contributed by atoms with Gasteiger partial charge in [0.25, 0.3) is 5.91 Å². The van der Waals surface area contributed by atoms with Gasteiger partial charge in [0.1, 0.15) is 0 Å². The fraction of sp³-hybridized carbons (Fsp3) is 0.188. The van der Waals surface area contributed by atoms with Gasteiger partial charge in [0.15, 0.2) is 23.3 Å². The van der Waals surface area contributed by atoms with Crippen LogP contribution in [0.15, 0.2) is 30.3 Å².